The first kappa shape index (κ1) is 31.7. The molecular formula is C40H35NO6S2. The lowest BCUT2D eigenvalue weighted by atomic mass is 9.60. The van der Waals surface area contributed by atoms with E-state index in [0.29, 0.717) is 18.5 Å². The summed E-state index contributed by atoms with van der Waals surface area (Å²) in [6, 6.07) is 34.4. The van der Waals surface area contributed by atoms with E-state index in [1.54, 1.807) is 60.7 Å². The largest absolute Gasteiger partial charge is 0.274 e. The Labute approximate surface area is 286 Å². The number of rotatable bonds is 6. The number of sulfone groups is 2. The van der Waals surface area contributed by atoms with Gasteiger partial charge in [-0.2, -0.15) is 0 Å². The Balaban J connectivity index is 1.30. The summed E-state index contributed by atoms with van der Waals surface area (Å²) in [5.41, 5.74) is 4.37. The molecule has 0 unspecified atom stereocenters. The van der Waals surface area contributed by atoms with Crippen LogP contribution in [-0.2, 0) is 29.3 Å². The average Bonchev–Trinajstić information content (AvgIpc) is 3.39. The predicted molar refractivity (Wildman–Crippen MR) is 187 cm³/mol. The Bertz CT molecular complexity index is 2160. The maximum Gasteiger partial charge on any atom is 0.238 e. The third-order valence-corrected chi connectivity index (χ3v) is 16.8. The number of anilines is 1. The second kappa shape index (κ2) is 11.8. The minimum Gasteiger partial charge on any atom is -0.274 e. The van der Waals surface area contributed by atoms with Crippen molar-refractivity contribution in [2.45, 2.75) is 51.9 Å². The van der Waals surface area contributed by atoms with Crippen molar-refractivity contribution in [3.05, 3.63) is 150 Å². The van der Waals surface area contributed by atoms with Crippen LogP contribution in [0.5, 0.6) is 0 Å². The fourth-order valence-electron chi connectivity index (χ4n) is 8.77. The van der Waals surface area contributed by atoms with E-state index in [1.165, 1.54) is 29.2 Å². The van der Waals surface area contributed by atoms with Gasteiger partial charge in [-0.15, -0.1) is 0 Å². The van der Waals surface area contributed by atoms with Crippen LogP contribution in [0.2, 0.25) is 0 Å². The molecule has 2 amide bonds. The lowest BCUT2D eigenvalue weighted by molar-refractivity contribution is -0.122. The van der Waals surface area contributed by atoms with Crippen molar-refractivity contribution in [1.29, 1.82) is 0 Å². The van der Waals surface area contributed by atoms with Crippen LogP contribution in [0, 0.1) is 17.8 Å². The lowest BCUT2D eigenvalue weighted by Crippen LogP contribution is -2.50. The number of nitrogens with zero attached hydrogens (tertiary/aromatic N) is 1. The zero-order valence-electron chi connectivity index (χ0n) is 26.7. The first-order valence-corrected chi connectivity index (χ1v) is 19.6. The number of para-hydroxylation sites is 1. The summed E-state index contributed by atoms with van der Waals surface area (Å²) >= 11 is 0. The molecule has 4 aliphatic rings. The maximum atomic E-state index is 14.8. The Morgan fingerprint density at radius 3 is 1.71 bits per heavy atom. The molecule has 248 valence electrons. The summed E-state index contributed by atoms with van der Waals surface area (Å²) in [5, 5.41) is 0. The first-order chi connectivity index (χ1) is 23.7. The summed E-state index contributed by atoms with van der Waals surface area (Å²) in [6.07, 6.45) is 3.03. The molecule has 1 fully saturated rings. The van der Waals surface area contributed by atoms with E-state index in [2.05, 4.69) is 0 Å². The average molecular weight is 690 g/mol. The molecule has 0 saturated carbocycles. The monoisotopic (exact) mass is 689 g/mol. The van der Waals surface area contributed by atoms with Crippen molar-refractivity contribution in [2.75, 3.05) is 4.90 Å². The Kier molecular flexibility index (Phi) is 7.61. The Morgan fingerprint density at radius 2 is 1.14 bits per heavy atom. The highest BCUT2D eigenvalue weighted by Gasteiger charge is 2.61. The van der Waals surface area contributed by atoms with Crippen molar-refractivity contribution >= 4 is 37.2 Å². The van der Waals surface area contributed by atoms with Gasteiger partial charge in [0.25, 0.3) is 0 Å². The summed E-state index contributed by atoms with van der Waals surface area (Å²) in [4.78, 5) is 29.8. The highest BCUT2D eigenvalue weighted by Crippen LogP contribution is 2.59. The van der Waals surface area contributed by atoms with Crippen molar-refractivity contribution < 1.29 is 26.4 Å². The fourth-order valence-corrected chi connectivity index (χ4v) is 13.8. The normalized spacial score (nSPS) is 24.9. The molecule has 1 saturated heterocycles. The summed E-state index contributed by atoms with van der Waals surface area (Å²) in [6.45, 7) is 0. The fraction of sp³-hybridized carbons (Fsp3) is 0.250. The molecular weight excluding hydrogens is 655 g/mol. The number of imide groups is 1. The van der Waals surface area contributed by atoms with Gasteiger partial charge in [-0.25, -0.2) is 16.8 Å². The quantitative estimate of drug-likeness (QED) is 0.159. The van der Waals surface area contributed by atoms with Crippen molar-refractivity contribution in [2.24, 2.45) is 17.8 Å². The number of carbonyl (C=O) groups excluding carboxylic acids is 2. The van der Waals surface area contributed by atoms with Crippen LogP contribution in [0.3, 0.4) is 0 Å². The molecule has 7 nitrogen and oxygen atoms in total. The molecule has 0 spiro atoms. The molecule has 1 heterocycles. The van der Waals surface area contributed by atoms with Crippen LogP contribution in [-0.4, -0.2) is 32.7 Å². The number of hydrogen-bond donors (Lipinski definition) is 0. The first-order valence-electron chi connectivity index (χ1n) is 16.6. The highest BCUT2D eigenvalue weighted by atomic mass is 32.3. The Morgan fingerprint density at radius 1 is 0.612 bits per heavy atom. The van der Waals surface area contributed by atoms with E-state index in [0.717, 1.165) is 22.3 Å². The van der Waals surface area contributed by atoms with Gasteiger partial charge < -0.3 is 0 Å². The summed E-state index contributed by atoms with van der Waals surface area (Å²) < 4.78 is 57.0. The number of hydrogen-bond acceptors (Lipinski definition) is 6. The van der Waals surface area contributed by atoms with E-state index >= 15 is 0 Å². The van der Waals surface area contributed by atoms with E-state index in [-0.39, 0.29) is 40.9 Å². The van der Waals surface area contributed by atoms with Crippen LogP contribution >= 0.6 is 0 Å². The van der Waals surface area contributed by atoms with E-state index < -0.39 is 47.4 Å². The SMILES string of the molecule is O=C1[C@H]2[C@H](CC3=C(CCC4=CCC(S(=O)(=O)c5ccccc5)(S(=O)(=O)c5ccccc5)C[C@H]43)[C@H]2c2ccccc2)C(=O)N1c1ccccc1. The van der Waals surface area contributed by atoms with E-state index in [1.807, 2.05) is 42.5 Å². The van der Waals surface area contributed by atoms with Gasteiger partial charge in [0.05, 0.1) is 27.3 Å². The molecule has 0 radical (unpaired) electrons. The highest BCUT2D eigenvalue weighted by molar-refractivity contribution is 8.10. The number of carbonyl (C=O) groups is 2. The van der Waals surface area contributed by atoms with Crippen LogP contribution in [0.15, 0.2) is 154 Å². The number of benzene rings is 4. The van der Waals surface area contributed by atoms with Crippen molar-refractivity contribution in [3.63, 3.8) is 0 Å². The van der Waals surface area contributed by atoms with Gasteiger partial charge in [-0.1, -0.05) is 108 Å². The topological polar surface area (TPSA) is 106 Å². The molecule has 1 aliphatic heterocycles. The van der Waals surface area contributed by atoms with Gasteiger partial charge in [0.15, 0.2) is 23.8 Å². The molecule has 0 aromatic heterocycles. The standard InChI is InChI=1S/C40H35NO6S2/c42-38-34-25-33-32(36(28-13-5-1-6-14-28)37(34)39(43)41(38)29-15-7-2-8-16-29)22-21-27-23-24-40(26-35(27)33,48(44,45)30-17-9-3-10-18-30)49(46,47)31-19-11-4-12-20-31/h1-20,23,34-37H,21-22,24-26H2/t34-,35+,36+,37-/m0/s1. The number of amides is 2. The second-order valence-corrected chi connectivity index (χ2v) is 18.2. The maximum absolute atomic E-state index is 14.8. The molecule has 9 heteroatoms. The zero-order valence-corrected chi connectivity index (χ0v) is 28.3. The third-order valence-electron chi connectivity index (χ3n) is 11.1. The predicted octanol–water partition coefficient (Wildman–Crippen LogP) is 7.05. The summed E-state index contributed by atoms with van der Waals surface area (Å²) in [7, 11) is -8.90. The van der Waals surface area contributed by atoms with Crippen LogP contribution < -0.4 is 4.90 Å². The molecule has 8 rings (SSSR count). The molecule has 4 atom stereocenters. The number of allylic oxidation sites excluding steroid dienone is 4. The molecule has 4 aromatic carbocycles. The van der Waals surface area contributed by atoms with Crippen LogP contribution in [0.4, 0.5) is 5.69 Å². The number of fused-ring (bicyclic) bond motifs is 3. The van der Waals surface area contributed by atoms with Gasteiger partial charge in [-0.05, 0) is 67.6 Å². The van der Waals surface area contributed by atoms with Gasteiger partial charge in [0.2, 0.25) is 11.8 Å². The minimum atomic E-state index is -4.45. The van der Waals surface area contributed by atoms with Crippen LogP contribution in [0.25, 0.3) is 0 Å². The Hall–Kier alpha value is -4.60. The molecule has 49 heavy (non-hydrogen) atoms. The lowest BCUT2D eigenvalue weighted by Gasteiger charge is -2.46. The summed E-state index contributed by atoms with van der Waals surface area (Å²) in [5.74, 6) is -2.71. The third kappa shape index (κ3) is 4.73. The minimum absolute atomic E-state index is 0.0442. The van der Waals surface area contributed by atoms with Gasteiger partial charge in [0, 0.05) is 18.3 Å². The second-order valence-electron chi connectivity index (χ2n) is 13.4. The van der Waals surface area contributed by atoms with Gasteiger partial charge in [-0.3, -0.25) is 14.5 Å². The van der Waals surface area contributed by atoms with Gasteiger partial charge in [0.1, 0.15) is 0 Å². The molecule has 3 aliphatic carbocycles. The molecule has 0 bridgehead atoms. The molecule has 4 aromatic rings. The van der Waals surface area contributed by atoms with E-state index in [4.69, 9.17) is 0 Å². The van der Waals surface area contributed by atoms with Gasteiger partial charge >= 0.3 is 0 Å². The van der Waals surface area contributed by atoms with E-state index in [9.17, 15) is 26.4 Å². The van der Waals surface area contributed by atoms with Crippen molar-refractivity contribution in [3.8, 4) is 0 Å². The van der Waals surface area contributed by atoms with Crippen molar-refractivity contribution in [1.82, 2.24) is 0 Å². The molecule has 0 N–H and O–H groups in total. The van der Waals surface area contributed by atoms with Crippen LogP contribution in [0.1, 0.15) is 43.6 Å². The smallest absolute Gasteiger partial charge is 0.238 e. The zero-order chi connectivity index (χ0) is 34.0.